The summed E-state index contributed by atoms with van der Waals surface area (Å²) < 4.78 is 17.4. The summed E-state index contributed by atoms with van der Waals surface area (Å²) in [5.74, 6) is -0.607. The highest BCUT2D eigenvalue weighted by Crippen LogP contribution is 2.22. The van der Waals surface area contributed by atoms with Gasteiger partial charge < -0.3 is 15.0 Å². The van der Waals surface area contributed by atoms with Gasteiger partial charge in [-0.25, -0.2) is 9.18 Å². The van der Waals surface area contributed by atoms with E-state index in [0.29, 0.717) is 13.1 Å². The normalized spacial score (nSPS) is 14.3. The number of hydrogen-bond acceptors (Lipinski definition) is 3. The standard InChI is InChI=1S/C16H19FN2O3/c1-22-15(20)6-9-18-16(21)19-10-7-13(8-11-19)12-2-4-14(17)5-3-12/h2-5,7H,6,8-11H2,1H3,(H,18,21). The Bertz CT molecular complexity index is 569. The van der Waals surface area contributed by atoms with E-state index in [9.17, 15) is 14.0 Å². The van der Waals surface area contributed by atoms with Gasteiger partial charge in [-0.15, -0.1) is 0 Å². The quantitative estimate of drug-likeness (QED) is 0.868. The Morgan fingerprint density at radius 3 is 2.64 bits per heavy atom. The highest BCUT2D eigenvalue weighted by atomic mass is 19.1. The van der Waals surface area contributed by atoms with Gasteiger partial charge in [0.25, 0.3) is 0 Å². The van der Waals surface area contributed by atoms with Crippen LogP contribution >= 0.6 is 0 Å². The topological polar surface area (TPSA) is 58.6 Å². The molecule has 1 aliphatic heterocycles. The minimum absolute atomic E-state index is 0.159. The molecule has 0 radical (unpaired) electrons. The van der Waals surface area contributed by atoms with E-state index in [-0.39, 0.29) is 30.8 Å². The van der Waals surface area contributed by atoms with Gasteiger partial charge in [0.1, 0.15) is 5.82 Å². The highest BCUT2D eigenvalue weighted by Gasteiger charge is 2.17. The van der Waals surface area contributed by atoms with Gasteiger partial charge in [-0.1, -0.05) is 18.2 Å². The predicted molar refractivity (Wildman–Crippen MR) is 80.6 cm³/mol. The first-order valence-corrected chi connectivity index (χ1v) is 7.14. The first-order valence-electron chi connectivity index (χ1n) is 7.14. The number of urea groups is 1. The Balaban J connectivity index is 1.84. The van der Waals surface area contributed by atoms with Crippen LogP contribution in [0, 0.1) is 5.82 Å². The van der Waals surface area contributed by atoms with Crippen molar-refractivity contribution in [2.45, 2.75) is 12.8 Å². The molecule has 0 unspecified atom stereocenters. The molecule has 0 aromatic heterocycles. The molecule has 1 N–H and O–H groups in total. The first kappa shape index (κ1) is 16.0. The van der Waals surface area contributed by atoms with E-state index in [1.807, 2.05) is 6.08 Å². The molecule has 0 fully saturated rings. The zero-order chi connectivity index (χ0) is 15.9. The van der Waals surface area contributed by atoms with Crippen LogP contribution in [0.25, 0.3) is 5.57 Å². The third kappa shape index (κ3) is 4.31. The average molecular weight is 306 g/mol. The Kier molecular flexibility index (Phi) is 5.52. The number of nitrogens with one attached hydrogen (secondary N) is 1. The summed E-state index contributed by atoms with van der Waals surface area (Å²) in [7, 11) is 1.32. The van der Waals surface area contributed by atoms with Crippen molar-refractivity contribution in [3.8, 4) is 0 Å². The fourth-order valence-electron chi connectivity index (χ4n) is 2.27. The van der Waals surface area contributed by atoms with Crippen LogP contribution in [0.5, 0.6) is 0 Å². The number of ether oxygens (including phenoxy) is 1. The van der Waals surface area contributed by atoms with Crippen LogP contribution in [-0.2, 0) is 9.53 Å². The van der Waals surface area contributed by atoms with Crippen LogP contribution in [0.1, 0.15) is 18.4 Å². The highest BCUT2D eigenvalue weighted by molar-refractivity contribution is 5.77. The lowest BCUT2D eigenvalue weighted by molar-refractivity contribution is -0.140. The van der Waals surface area contributed by atoms with Crippen LogP contribution in [0.2, 0.25) is 0 Å². The van der Waals surface area contributed by atoms with E-state index < -0.39 is 0 Å². The Hall–Kier alpha value is -2.37. The van der Waals surface area contributed by atoms with Crippen molar-refractivity contribution >= 4 is 17.6 Å². The number of amides is 2. The van der Waals surface area contributed by atoms with Crippen molar-refractivity contribution in [2.24, 2.45) is 0 Å². The van der Waals surface area contributed by atoms with Gasteiger partial charge in [-0.3, -0.25) is 4.79 Å². The molecule has 2 rings (SSSR count). The van der Waals surface area contributed by atoms with Gasteiger partial charge >= 0.3 is 12.0 Å². The largest absolute Gasteiger partial charge is 0.469 e. The van der Waals surface area contributed by atoms with Gasteiger partial charge in [0.2, 0.25) is 0 Å². The lowest BCUT2D eigenvalue weighted by Gasteiger charge is -2.26. The van der Waals surface area contributed by atoms with Gasteiger partial charge in [0, 0.05) is 19.6 Å². The zero-order valence-electron chi connectivity index (χ0n) is 12.5. The monoisotopic (exact) mass is 306 g/mol. The molecule has 1 aromatic rings. The summed E-state index contributed by atoms with van der Waals surface area (Å²) >= 11 is 0. The number of rotatable bonds is 4. The SMILES string of the molecule is COC(=O)CCNC(=O)N1CC=C(c2ccc(F)cc2)CC1. The lowest BCUT2D eigenvalue weighted by atomic mass is 10.00. The molecular formula is C16H19FN2O3. The maximum Gasteiger partial charge on any atom is 0.317 e. The van der Waals surface area contributed by atoms with E-state index in [4.69, 9.17) is 0 Å². The number of hydrogen-bond donors (Lipinski definition) is 1. The molecule has 118 valence electrons. The zero-order valence-corrected chi connectivity index (χ0v) is 12.5. The van der Waals surface area contributed by atoms with Gasteiger partial charge in [-0.2, -0.15) is 0 Å². The molecule has 0 saturated carbocycles. The van der Waals surface area contributed by atoms with E-state index in [1.54, 1.807) is 17.0 Å². The third-order valence-electron chi connectivity index (χ3n) is 3.54. The van der Waals surface area contributed by atoms with Crippen molar-refractivity contribution < 1.29 is 18.7 Å². The number of esters is 1. The maximum absolute atomic E-state index is 12.9. The number of nitrogens with zero attached hydrogens (tertiary/aromatic N) is 1. The first-order chi connectivity index (χ1) is 10.6. The smallest absolute Gasteiger partial charge is 0.317 e. The van der Waals surface area contributed by atoms with Crippen molar-refractivity contribution in [1.82, 2.24) is 10.2 Å². The fourth-order valence-corrected chi connectivity index (χ4v) is 2.27. The summed E-state index contributed by atoms with van der Waals surface area (Å²) in [4.78, 5) is 24.6. The number of carbonyl (C=O) groups excluding carboxylic acids is 2. The second-order valence-electron chi connectivity index (χ2n) is 4.99. The predicted octanol–water partition coefficient (Wildman–Crippen LogP) is 2.19. The van der Waals surface area contributed by atoms with Gasteiger partial charge in [0.15, 0.2) is 0 Å². The second-order valence-corrected chi connectivity index (χ2v) is 4.99. The number of halogens is 1. The molecule has 0 bridgehead atoms. The van der Waals surface area contributed by atoms with Crippen LogP contribution in [0.15, 0.2) is 30.3 Å². The van der Waals surface area contributed by atoms with E-state index in [0.717, 1.165) is 17.6 Å². The summed E-state index contributed by atoms with van der Waals surface area (Å²) in [6.45, 7) is 1.35. The third-order valence-corrected chi connectivity index (χ3v) is 3.54. The van der Waals surface area contributed by atoms with Gasteiger partial charge in [0.05, 0.1) is 13.5 Å². The minimum atomic E-state index is -0.350. The molecule has 6 heteroatoms. The molecule has 5 nitrogen and oxygen atoms in total. The summed E-state index contributed by atoms with van der Waals surface area (Å²) in [6, 6.07) is 6.16. The van der Waals surface area contributed by atoms with Crippen LogP contribution in [-0.4, -0.2) is 43.6 Å². The van der Waals surface area contributed by atoms with E-state index >= 15 is 0 Å². The fraction of sp³-hybridized carbons (Fsp3) is 0.375. The molecule has 1 heterocycles. The molecular weight excluding hydrogens is 287 g/mol. The average Bonchev–Trinajstić information content (AvgIpc) is 2.55. The molecule has 2 amide bonds. The maximum atomic E-state index is 12.9. The molecule has 0 atom stereocenters. The molecule has 1 aromatic carbocycles. The van der Waals surface area contributed by atoms with Crippen LogP contribution in [0.3, 0.4) is 0 Å². The Morgan fingerprint density at radius 2 is 2.05 bits per heavy atom. The van der Waals surface area contributed by atoms with E-state index in [2.05, 4.69) is 10.1 Å². The van der Waals surface area contributed by atoms with Crippen LogP contribution in [0.4, 0.5) is 9.18 Å². The summed E-state index contributed by atoms with van der Waals surface area (Å²) in [5.41, 5.74) is 2.09. The Labute approximate surface area is 128 Å². The van der Waals surface area contributed by atoms with Crippen molar-refractivity contribution in [3.63, 3.8) is 0 Å². The summed E-state index contributed by atoms with van der Waals surface area (Å²) in [6.07, 6.45) is 2.85. The second kappa shape index (κ2) is 7.59. The number of benzene rings is 1. The van der Waals surface area contributed by atoms with Crippen molar-refractivity contribution in [3.05, 3.63) is 41.7 Å². The number of carbonyl (C=O) groups is 2. The molecule has 22 heavy (non-hydrogen) atoms. The van der Waals surface area contributed by atoms with Crippen molar-refractivity contribution in [1.29, 1.82) is 0 Å². The van der Waals surface area contributed by atoms with Crippen LogP contribution < -0.4 is 5.32 Å². The summed E-state index contributed by atoms with van der Waals surface area (Å²) in [5, 5.41) is 2.69. The molecule has 0 spiro atoms. The van der Waals surface area contributed by atoms with E-state index in [1.165, 1.54) is 19.2 Å². The Morgan fingerprint density at radius 1 is 1.32 bits per heavy atom. The van der Waals surface area contributed by atoms with Crippen molar-refractivity contribution in [2.75, 3.05) is 26.7 Å². The minimum Gasteiger partial charge on any atom is -0.469 e. The molecule has 0 aliphatic carbocycles. The van der Waals surface area contributed by atoms with Gasteiger partial charge in [-0.05, 0) is 29.7 Å². The lowest BCUT2D eigenvalue weighted by Crippen LogP contribution is -2.42. The number of methoxy groups -OCH3 is 1. The molecule has 0 saturated heterocycles. The molecule has 1 aliphatic rings.